The van der Waals surface area contributed by atoms with E-state index in [-0.39, 0.29) is 0 Å². The molecule has 0 amide bonds. The second-order valence-electron chi connectivity index (χ2n) is 8.95. The van der Waals surface area contributed by atoms with Crippen molar-refractivity contribution in [3.8, 4) is 0 Å². The second kappa shape index (κ2) is 47.0. The van der Waals surface area contributed by atoms with Crippen LogP contribution in [-0.4, -0.2) is 0 Å². The lowest BCUT2D eigenvalue weighted by atomic mass is 10.1. The highest BCUT2D eigenvalue weighted by atomic mass is 13.9. The topological polar surface area (TPSA) is 0 Å². The molecule has 0 N–H and O–H groups in total. The highest BCUT2D eigenvalue weighted by Crippen LogP contribution is 2.06. The molecule has 0 aromatic carbocycles. The molecule has 0 rings (SSSR count). The van der Waals surface area contributed by atoms with E-state index in [9.17, 15) is 0 Å². The molecule has 0 aromatic heterocycles. The Labute approximate surface area is 196 Å². The van der Waals surface area contributed by atoms with E-state index < -0.39 is 0 Å². The van der Waals surface area contributed by atoms with Crippen molar-refractivity contribution in [1.29, 1.82) is 0 Å². The summed E-state index contributed by atoms with van der Waals surface area (Å²) < 4.78 is 0. The van der Waals surface area contributed by atoms with E-state index in [1.54, 1.807) is 0 Å². The molecule has 0 aliphatic carbocycles. The molecule has 0 radical (unpaired) electrons. The minimum atomic E-state index is 1.36. The van der Waals surface area contributed by atoms with Gasteiger partial charge in [-0.25, -0.2) is 0 Å². The third kappa shape index (κ3) is 63.0. The minimum absolute atomic E-state index is 1.36. The van der Waals surface area contributed by atoms with Crippen LogP contribution in [0.5, 0.6) is 0 Å². The zero-order valence-corrected chi connectivity index (χ0v) is 23.6. The first-order chi connectivity index (χ1) is 14.7. The fraction of sp³-hybridized carbons (Fsp3) is 1.00. The number of hydrogen-bond acceptors (Lipinski definition) is 0. The third-order valence-corrected chi connectivity index (χ3v) is 5.33. The molecule has 0 spiro atoms. The molecular weight excluding hydrogens is 360 g/mol. The van der Waals surface area contributed by atoms with Gasteiger partial charge < -0.3 is 0 Å². The standard InChI is InChI=1S/C9H20.C8H18.C7H16.C6H14/c1-3-5-7-9-8-6-4-2;1-3-5-7-8-6-4-2;1-3-5-7-6-4-2;1-3-5-6-4-2/h3-9H2,1-2H3;3-8H2,1-2H3;3-7H2,1-2H3;3-6H2,1-2H3. The van der Waals surface area contributed by atoms with Gasteiger partial charge in [-0.3, -0.25) is 0 Å². The third-order valence-electron chi connectivity index (χ3n) is 5.33. The van der Waals surface area contributed by atoms with Crippen LogP contribution in [0.25, 0.3) is 0 Å². The van der Waals surface area contributed by atoms with Crippen molar-refractivity contribution in [2.45, 2.75) is 197 Å². The van der Waals surface area contributed by atoms with Crippen molar-refractivity contribution in [3.05, 3.63) is 0 Å². The van der Waals surface area contributed by atoms with Gasteiger partial charge in [0.15, 0.2) is 0 Å². The van der Waals surface area contributed by atoms with Crippen molar-refractivity contribution in [3.63, 3.8) is 0 Å². The first-order valence-corrected chi connectivity index (χ1v) is 14.7. The lowest BCUT2D eigenvalue weighted by molar-refractivity contribution is 0.602. The maximum atomic E-state index is 2.26. The van der Waals surface area contributed by atoms with Crippen molar-refractivity contribution >= 4 is 0 Å². The predicted molar refractivity (Wildman–Crippen MR) is 147 cm³/mol. The summed E-state index contributed by atoms with van der Waals surface area (Å²) in [6, 6.07) is 0. The maximum Gasteiger partial charge on any atom is -0.0533 e. The van der Waals surface area contributed by atoms with Gasteiger partial charge in [-0.05, 0) is 0 Å². The predicted octanol–water partition coefficient (Wildman–Crippen LogP) is 12.7. The Hall–Kier alpha value is 0. The van der Waals surface area contributed by atoms with Gasteiger partial charge in [-0.1, -0.05) is 197 Å². The zero-order valence-electron chi connectivity index (χ0n) is 23.6. The Morgan fingerprint density at radius 2 is 0.267 bits per heavy atom. The highest BCUT2D eigenvalue weighted by Gasteiger charge is 1.86. The first-order valence-electron chi connectivity index (χ1n) is 14.7. The molecule has 0 saturated carbocycles. The quantitative estimate of drug-likeness (QED) is 0.190. The van der Waals surface area contributed by atoms with Gasteiger partial charge in [0.1, 0.15) is 0 Å². The fourth-order valence-electron chi connectivity index (χ4n) is 3.06. The maximum absolute atomic E-state index is 2.26. The molecule has 0 atom stereocenters. The van der Waals surface area contributed by atoms with Crippen LogP contribution in [0.4, 0.5) is 0 Å². The Bertz CT molecular complexity index is 176. The molecule has 0 saturated heterocycles. The molecular formula is C30H68. The number of rotatable bonds is 18. The average molecular weight is 429 g/mol. The summed E-state index contributed by atoms with van der Waals surface area (Å²) in [6.07, 6.45) is 31.0. The van der Waals surface area contributed by atoms with E-state index in [4.69, 9.17) is 0 Å². The number of hydrogen-bond donors (Lipinski definition) is 0. The summed E-state index contributed by atoms with van der Waals surface area (Å²) in [5.41, 5.74) is 0. The summed E-state index contributed by atoms with van der Waals surface area (Å²) in [4.78, 5) is 0. The Morgan fingerprint density at radius 3 is 0.433 bits per heavy atom. The van der Waals surface area contributed by atoms with Crippen LogP contribution in [0.1, 0.15) is 197 Å². The Morgan fingerprint density at radius 1 is 0.167 bits per heavy atom. The van der Waals surface area contributed by atoms with Crippen LogP contribution in [-0.2, 0) is 0 Å². The zero-order chi connectivity index (χ0) is 23.6. The molecule has 0 heterocycles. The Balaban J connectivity index is -0.000000152. The van der Waals surface area contributed by atoms with Gasteiger partial charge in [0.05, 0.1) is 0 Å². The minimum Gasteiger partial charge on any atom is -0.0654 e. The average Bonchev–Trinajstić information content (AvgIpc) is 2.77. The summed E-state index contributed by atoms with van der Waals surface area (Å²) in [5.74, 6) is 0. The van der Waals surface area contributed by atoms with E-state index in [1.165, 1.54) is 141 Å². The molecule has 0 aliphatic heterocycles. The lowest BCUT2D eigenvalue weighted by Crippen LogP contribution is -1.76. The normalized spacial score (nSPS) is 9.60. The highest BCUT2D eigenvalue weighted by molar-refractivity contribution is 4.41. The molecule has 188 valence electrons. The largest absolute Gasteiger partial charge is 0.0654 e. The SMILES string of the molecule is CCCCCC.CCCCCCC.CCCCCCCC.CCCCCCCCC. The molecule has 30 heavy (non-hydrogen) atoms. The first kappa shape index (κ1) is 37.3. The smallest absolute Gasteiger partial charge is 0.0533 e. The van der Waals surface area contributed by atoms with Crippen LogP contribution in [0.2, 0.25) is 0 Å². The van der Waals surface area contributed by atoms with Crippen molar-refractivity contribution in [2.75, 3.05) is 0 Å². The van der Waals surface area contributed by atoms with E-state index in [0.717, 1.165) is 0 Å². The van der Waals surface area contributed by atoms with Crippen molar-refractivity contribution < 1.29 is 0 Å². The van der Waals surface area contributed by atoms with Crippen molar-refractivity contribution in [2.24, 2.45) is 0 Å². The molecule has 0 aromatic rings. The van der Waals surface area contributed by atoms with Gasteiger partial charge in [0.25, 0.3) is 0 Å². The van der Waals surface area contributed by atoms with Crippen LogP contribution >= 0.6 is 0 Å². The van der Waals surface area contributed by atoms with Crippen LogP contribution in [0.15, 0.2) is 0 Å². The van der Waals surface area contributed by atoms with Gasteiger partial charge >= 0.3 is 0 Å². The lowest BCUT2D eigenvalue weighted by Gasteiger charge is -1.96. The molecule has 0 unspecified atom stereocenters. The van der Waals surface area contributed by atoms with Crippen LogP contribution < -0.4 is 0 Å². The van der Waals surface area contributed by atoms with Crippen LogP contribution in [0.3, 0.4) is 0 Å². The Kier molecular flexibility index (Phi) is 58.4. The summed E-state index contributed by atoms with van der Waals surface area (Å²) in [7, 11) is 0. The summed E-state index contributed by atoms with van der Waals surface area (Å²) in [5, 5.41) is 0. The van der Waals surface area contributed by atoms with Gasteiger partial charge in [0, 0.05) is 0 Å². The van der Waals surface area contributed by atoms with Gasteiger partial charge in [-0.2, -0.15) is 0 Å². The fourth-order valence-corrected chi connectivity index (χ4v) is 3.06. The summed E-state index contributed by atoms with van der Waals surface area (Å²) >= 11 is 0. The monoisotopic (exact) mass is 429 g/mol. The van der Waals surface area contributed by atoms with E-state index >= 15 is 0 Å². The van der Waals surface area contributed by atoms with Gasteiger partial charge in [0.2, 0.25) is 0 Å². The molecule has 0 bridgehead atoms. The van der Waals surface area contributed by atoms with E-state index in [1.807, 2.05) is 0 Å². The van der Waals surface area contributed by atoms with Gasteiger partial charge in [-0.15, -0.1) is 0 Å². The molecule has 0 fully saturated rings. The molecule has 0 nitrogen and oxygen atoms in total. The summed E-state index contributed by atoms with van der Waals surface area (Å²) in [6.45, 7) is 18.0. The molecule has 0 aliphatic rings. The van der Waals surface area contributed by atoms with Crippen LogP contribution in [0, 0.1) is 0 Å². The molecule has 0 heteroatoms. The van der Waals surface area contributed by atoms with E-state index in [0.29, 0.717) is 0 Å². The van der Waals surface area contributed by atoms with Crippen molar-refractivity contribution in [1.82, 2.24) is 0 Å². The van der Waals surface area contributed by atoms with E-state index in [2.05, 4.69) is 55.4 Å². The second-order valence-corrected chi connectivity index (χ2v) is 8.95. The number of unbranched alkanes of at least 4 members (excludes halogenated alkanes) is 18.